The first kappa shape index (κ1) is 15.4. The van der Waals surface area contributed by atoms with E-state index in [1.54, 1.807) is 0 Å². The molecule has 0 radical (unpaired) electrons. The summed E-state index contributed by atoms with van der Waals surface area (Å²) in [4.78, 5) is 0. The smallest absolute Gasteiger partial charge is 0.123 e. The van der Waals surface area contributed by atoms with Gasteiger partial charge in [-0.15, -0.1) is 11.6 Å². The van der Waals surface area contributed by atoms with Gasteiger partial charge >= 0.3 is 0 Å². The van der Waals surface area contributed by atoms with Gasteiger partial charge in [-0.3, -0.25) is 0 Å². The molecule has 2 heteroatoms. The van der Waals surface area contributed by atoms with Gasteiger partial charge in [-0.2, -0.15) is 0 Å². The molecule has 0 aromatic heterocycles. The Morgan fingerprint density at radius 3 is 2.41 bits per heavy atom. The number of hydrogen-bond acceptors (Lipinski definition) is 1. The van der Waals surface area contributed by atoms with E-state index in [0.29, 0.717) is 12.5 Å². The summed E-state index contributed by atoms with van der Waals surface area (Å²) in [6, 6.07) is 18.6. The lowest BCUT2D eigenvalue weighted by molar-refractivity contribution is 0.302. The molecule has 1 aliphatic rings. The fourth-order valence-electron chi connectivity index (χ4n) is 3.24. The Kier molecular flexibility index (Phi) is 5.39. The van der Waals surface area contributed by atoms with Gasteiger partial charge < -0.3 is 4.74 Å². The molecule has 0 heterocycles. The topological polar surface area (TPSA) is 9.23 Å². The maximum absolute atomic E-state index is 6.66. The second kappa shape index (κ2) is 7.69. The molecule has 1 aliphatic carbocycles. The molecule has 0 N–H and O–H groups in total. The number of hydrogen-bond donors (Lipinski definition) is 0. The van der Waals surface area contributed by atoms with E-state index in [0.717, 1.165) is 12.2 Å². The summed E-state index contributed by atoms with van der Waals surface area (Å²) >= 11 is 6.66. The quantitative estimate of drug-likeness (QED) is 0.630. The van der Waals surface area contributed by atoms with Gasteiger partial charge in [-0.25, -0.2) is 0 Å². The van der Waals surface area contributed by atoms with Crippen molar-refractivity contribution in [2.24, 2.45) is 5.92 Å². The normalized spacial score (nSPS) is 16.6. The van der Waals surface area contributed by atoms with Crippen LogP contribution in [0.1, 0.15) is 36.8 Å². The first-order chi connectivity index (χ1) is 10.8. The predicted molar refractivity (Wildman–Crippen MR) is 92.5 cm³/mol. The molecule has 0 amide bonds. The molecule has 0 saturated heterocycles. The Labute approximate surface area is 138 Å². The second-order valence-corrected chi connectivity index (χ2v) is 6.71. The van der Waals surface area contributed by atoms with Crippen molar-refractivity contribution in [3.8, 4) is 5.75 Å². The average Bonchev–Trinajstić information content (AvgIpc) is 3.10. The van der Waals surface area contributed by atoms with Crippen LogP contribution in [-0.2, 0) is 13.0 Å². The minimum Gasteiger partial charge on any atom is -0.489 e. The van der Waals surface area contributed by atoms with Gasteiger partial charge in [0.15, 0.2) is 0 Å². The molecule has 0 spiro atoms. The molecule has 1 unspecified atom stereocenters. The molecular formula is C20H23ClO. The fourth-order valence-corrected chi connectivity index (χ4v) is 3.66. The molecule has 22 heavy (non-hydrogen) atoms. The van der Waals surface area contributed by atoms with E-state index < -0.39 is 0 Å². The minimum absolute atomic E-state index is 0.226. The molecule has 0 aliphatic heterocycles. The van der Waals surface area contributed by atoms with E-state index in [-0.39, 0.29) is 5.38 Å². The maximum Gasteiger partial charge on any atom is 0.123 e. The van der Waals surface area contributed by atoms with Crippen molar-refractivity contribution in [3.63, 3.8) is 0 Å². The van der Waals surface area contributed by atoms with Gasteiger partial charge in [0.05, 0.1) is 0 Å². The van der Waals surface area contributed by atoms with E-state index in [1.165, 1.54) is 36.8 Å². The van der Waals surface area contributed by atoms with Crippen LogP contribution in [0.5, 0.6) is 5.75 Å². The van der Waals surface area contributed by atoms with Gasteiger partial charge in [0.2, 0.25) is 0 Å². The number of alkyl halides is 1. The van der Waals surface area contributed by atoms with Crippen molar-refractivity contribution >= 4 is 11.6 Å². The Morgan fingerprint density at radius 1 is 0.955 bits per heavy atom. The zero-order valence-corrected chi connectivity index (χ0v) is 13.6. The Bertz CT molecular complexity index is 575. The minimum atomic E-state index is 0.226. The molecule has 3 rings (SSSR count). The van der Waals surface area contributed by atoms with Crippen LogP contribution in [0.25, 0.3) is 0 Å². The maximum atomic E-state index is 6.66. The van der Waals surface area contributed by atoms with Crippen LogP contribution in [0.2, 0.25) is 0 Å². The number of halogens is 1. The van der Waals surface area contributed by atoms with Crippen LogP contribution in [-0.4, -0.2) is 5.38 Å². The van der Waals surface area contributed by atoms with Gasteiger partial charge in [-0.1, -0.05) is 61.4 Å². The highest BCUT2D eigenvalue weighted by Crippen LogP contribution is 2.33. The largest absolute Gasteiger partial charge is 0.489 e. The Hall–Kier alpha value is -1.47. The SMILES string of the molecule is ClC(Cc1ccccc1OCc1ccccc1)C1CCCC1. The molecule has 1 atom stereocenters. The zero-order chi connectivity index (χ0) is 15.2. The van der Waals surface area contributed by atoms with Crippen LogP contribution >= 0.6 is 11.6 Å². The standard InChI is InChI=1S/C20H23ClO/c21-19(17-10-4-5-11-17)14-18-12-6-7-13-20(18)22-15-16-8-2-1-3-9-16/h1-3,6-9,12-13,17,19H,4-5,10-11,14-15H2. The van der Waals surface area contributed by atoms with Crippen LogP contribution < -0.4 is 4.74 Å². The van der Waals surface area contributed by atoms with Crippen LogP contribution in [0.4, 0.5) is 0 Å². The van der Waals surface area contributed by atoms with Crippen molar-refractivity contribution in [1.82, 2.24) is 0 Å². The summed E-state index contributed by atoms with van der Waals surface area (Å²) in [5.41, 5.74) is 2.42. The van der Waals surface area contributed by atoms with E-state index in [9.17, 15) is 0 Å². The third-order valence-electron chi connectivity index (χ3n) is 4.54. The summed E-state index contributed by atoms with van der Waals surface area (Å²) in [6.07, 6.45) is 6.12. The highest BCUT2D eigenvalue weighted by atomic mass is 35.5. The summed E-state index contributed by atoms with van der Waals surface area (Å²) in [6.45, 7) is 0.605. The van der Waals surface area contributed by atoms with Crippen molar-refractivity contribution in [1.29, 1.82) is 0 Å². The Balaban J connectivity index is 1.64. The van der Waals surface area contributed by atoms with E-state index in [2.05, 4.69) is 30.3 Å². The summed E-state index contributed by atoms with van der Waals surface area (Å²) in [5.74, 6) is 1.64. The second-order valence-electron chi connectivity index (χ2n) is 6.15. The number of benzene rings is 2. The van der Waals surface area contributed by atoms with Crippen molar-refractivity contribution in [2.45, 2.75) is 44.1 Å². The molecule has 2 aromatic rings. The first-order valence-corrected chi connectivity index (χ1v) is 8.65. The molecule has 1 fully saturated rings. The van der Waals surface area contributed by atoms with E-state index in [1.807, 2.05) is 24.3 Å². The van der Waals surface area contributed by atoms with Gasteiger partial charge in [0.1, 0.15) is 12.4 Å². The lowest BCUT2D eigenvalue weighted by Crippen LogP contribution is -2.15. The van der Waals surface area contributed by atoms with Crippen molar-refractivity contribution in [3.05, 3.63) is 65.7 Å². The molecular weight excluding hydrogens is 292 g/mol. The number of rotatable bonds is 6. The van der Waals surface area contributed by atoms with Crippen LogP contribution in [0, 0.1) is 5.92 Å². The zero-order valence-electron chi connectivity index (χ0n) is 12.9. The van der Waals surface area contributed by atoms with E-state index in [4.69, 9.17) is 16.3 Å². The van der Waals surface area contributed by atoms with Gasteiger partial charge in [-0.05, 0) is 42.4 Å². The molecule has 2 aromatic carbocycles. The first-order valence-electron chi connectivity index (χ1n) is 8.21. The van der Waals surface area contributed by atoms with Crippen molar-refractivity contribution < 1.29 is 4.74 Å². The average molecular weight is 315 g/mol. The fraction of sp³-hybridized carbons (Fsp3) is 0.400. The number of ether oxygens (including phenoxy) is 1. The molecule has 0 bridgehead atoms. The predicted octanol–water partition coefficient (Wildman–Crippen LogP) is 5.61. The molecule has 116 valence electrons. The lowest BCUT2D eigenvalue weighted by Gasteiger charge is -2.18. The third-order valence-corrected chi connectivity index (χ3v) is 5.05. The monoisotopic (exact) mass is 314 g/mol. The van der Waals surface area contributed by atoms with E-state index >= 15 is 0 Å². The summed E-state index contributed by atoms with van der Waals surface area (Å²) < 4.78 is 6.03. The summed E-state index contributed by atoms with van der Waals surface area (Å²) in [5, 5.41) is 0.226. The summed E-state index contributed by atoms with van der Waals surface area (Å²) in [7, 11) is 0. The van der Waals surface area contributed by atoms with Gasteiger partial charge in [0.25, 0.3) is 0 Å². The highest BCUT2D eigenvalue weighted by molar-refractivity contribution is 6.21. The molecule has 1 saturated carbocycles. The highest BCUT2D eigenvalue weighted by Gasteiger charge is 2.24. The third kappa shape index (κ3) is 4.04. The van der Waals surface area contributed by atoms with Gasteiger partial charge in [0, 0.05) is 5.38 Å². The van der Waals surface area contributed by atoms with Crippen LogP contribution in [0.3, 0.4) is 0 Å². The lowest BCUT2D eigenvalue weighted by atomic mass is 9.97. The van der Waals surface area contributed by atoms with Crippen molar-refractivity contribution in [2.75, 3.05) is 0 Å². The Morgan fingerprint density at radius 2 is 1.64 bits per heavy atom. The number of para-hydroxylation sites is 1. The van der Waals surface area contributed by atoms with Crippen LogP contribution in [0.15, 0.2) is 54.6 Å². The molecule has 1 nitrogen and oxygen atoms in total.